The van der Waals surface area contributed by atoms with Gasteiger partial charge in [-0.2, -0.15) is 0 Å². The van der Waals surface area contributed by atoms with Crippen LogP contribution in [-0.2, 0) is 0 Å². The highest BCUT2D eigenvalue weighted by molar-refractivity contribution is 5.70. The molecule has 0 radical (unpaired) electrons. The molecular formula is C8H15N. The number of nitrogens with zero attached hydrogens (tertiary/aromatic N) is 1. The lowest BCUT2D eigenvalue weighted by atomic mass is 10.2. The maximum Gasteiger partial charge on any atom is 0.0360 e. The maximum atomic E-state index is 4.03. The molecule has 0 atom stereocenters. The van der Waals surface area contributed by atoms with Gasteiger partial charge in [-0.05, 0) is 18.9 Å². The second-order valence-corrected chi connectivity index (χ2v) is 2.28. The van der Waals surface area contributed by atoms with E-state index in [2.05, 4.69) is 24.9 Å². The van der Waals surface area contributed by atoms with Gasteiger partial charge in [-0.1, -0.05) is 19.9 Å². The van der Waals surface area contributed by atoms with E-state index in [1.54, 1.807) is 0 Å². The van der Waals surface area contributed by atoms with E-state index < -0.39 is 0 Å². The van der Waals surface area contributed by atoms with Crippen LogP contribution in [-0.4, -0.2) is 12.8 Å². The first kappa shape index (κ1) is 8.41. The average Bonchev–Trinajstić information content (AvgIpc) is 1.80. The van der Waals surface area contributed by atoms with Gasteiger partial charge in [0.15, 0.2) is 0 Å². The summed E-state index contributed by atoms with van der Waals surface area (Å²) in [7, 11) is 0. The molecule has 0 aromatic heterocycles. The van der Waals surface area contributed by atoms with Gasteiger partial charge in [-0.3, -0.25) is 4.99 Å². The van der Waals surface area contributed by atoms with E-state index in [-0.39, 0.29) is 0 Å². The zero-order valence-electron chi connectivity index (χ0n) is 6.46. The van der Waals surface area contributed by atoms with Crippen molar-refractivity contribution in [1.29, 1.82) is 0 Å². The van der Waals surface area contributed by atoms with Gasteiger partial charge in [-0.25, -0.2) is 0 Å². The summed E-state index contributed by atoms with van der Waals surface area (Å²) in [5.41, 5.74) is 0. The highest BCUT2D eigenvalue weighted by atomic mass is 14.7. The van der Waals surface area contributed by atoms with Gasteiger partial charge in [-0.15, -0.1) is 0 Å². The molecule has 1 nitrogen and oxygen atoms in total. The summed E-state index contributed by atoms with van der Waals surface area (Å²) in [4.78, 5) is 4.03. The van der Waals surface area contributed by atoms with Crippen molar-refractivity contribution in [1.82, 2.24) is 0 Å². The van der Waals surface area contributed by atoms with Gasteiger partial charge in [0.25, 0.3) is 0 Å². The van der Waals surface area contributed by atoms with E-state index in [0.717, 1.165) is 6.54 Å². The summed E-state index contributed by atoms with van der Waals surface area (Å²) in [6, 6.07) is 0. The normalized spacial score (nSPS) is 12.4. The molecule has 1 heteroatoms. The number of hydrogen-bond acceptors (Lipinski definition) is 1. The number of aliphatic imine (C=N–C) groups is 1. The van der Waals surface area contributed by atoms with Gasteiger partial charge in [0.1, 0.15) is 0 Å². The molecule has 0 aliphatic rings. The molecule has 0 rings (SSSR count). The minimum atomic E-state index is 0.633. The molecule has 0 unspecified atom stereocenters. The predicted octanol–water partition coefficient (Wildman–Crippen LogP) is 2.29. The van der Waals surface area contributed by atoms with Crippen LogP contribution in [0.25, 0.3) is 0 Å². The van der Waals surface area contributed by atoms with Gasteiger partial charge >= 0.3 is 0 Å². The molecular weight excluding hydrogens is 110 g/mol. The fourth-order valence-electron chi connectivity index (χ4n) is 0.438. The molecule has 0 aliphatic heterocycles. The summed E-state index contributed by atoms with van der Waals surface area (Å²) < 4.78 is 0. The third-order valence-corrected chi connectivity index (χ3v) is 0.870. The Kier molecular flexibility index (Phi) is 5.18. The molecule has 9 heavy (non-hydrogen) atoms. The molecule has 0 aromatic carbocycles. The van der Waals surface area contributed by atoms with Crippen LogP contribution in [0.4, 0.5) is 0 Å². The Morgan fingerprint density at radius 1 is 1.44 bits per heavy atom. The monoisotopic (exact) mass is 125 g/mol. The molecule has 0 saturated carbocycles. The van der Waals surface area contributed by atoms with E-state index in [4.69, 9.17) is 0 Å². The van der Waals surface area contributed by atoms with Crippen LogP contribution in [0.5, 0.6) is 0 Å². The summed E-state index contributed by atoms with van der Waals surface area (Å²) in [5, 5.41) is 0. The summed E-state index contributed by atoms with van der Waals surface area (Å²) in [6.45, 7) is 7.20. The second-order valence-electron chi connectivity index (χ2n) is 2.28. The second kappa shape index (κ2) is 5.54. The molecule has 0 spiro atoms. The first-order valence-electron chi connectivity index (χ1n) is 3.44. The van der Waals surface area contributed by atoms with Gasteiger partial charge in [0.05, 0.1) is 0 Å². The smallest absolute Gasteiger partial charge is 0.0360 e. The van der Waals surface area contributed by atoms with E-state index in [0.29, 0.717) is 5.92 Å². The number of hydrogen-bond donors (Lipinski definition) is 0. The standard InChI is InChI=1S/C8H15N/c1-4-9-7-5-6-8(2)3/h5-8H,4H2,1-3H3/b6-5-,9-7-. The predicted molar refractivity (Wildman–Crippen MR) is 43.0 cm³/mol. The zero-order chi connectivity index (χ0) is 7.11. The molecule has 0 bridgehead atoms. The minimum Gasteiger partial charge on any atom is -0.293 e. The van der Waals surface area contributed by atoms with Crippen molar-refractivity contribution in [2.24, 2.45) is 10.9 Å². The molecule has 0 N–H and O–H groups in total. The topological polar surface area (TPSA) is 12.4 Å². The Hall–Kier alpha value is -0.590. The lowest BCUT2D eigenvalue weighted by Crippen LogP contribution is -1.77. The van der Waals surface area contributed by atoms with Crippen LogP contribution in [0, 0.1) is 5.92 Å². The Labute approximate surface area is 57.5 Å². The summed E-state index contributed by atoms with van der Waals surface area (Å²) in [5.74, 6) is 0.633. The molecule has 0 aromatic rings. The molecule has 0 aliphatic carbocycles. The van der Waals surface area contributed by atoms with Crippen molar-refractivity contribution in [3.8, 4) is 0 Å². The van der Waals surface area contributed by atoms with Crippen molar-refractivity contribution in [3.05, 3.63) is 12.2 Å². The van der Waals surface area contributed by atoms with Crippen molar-refractivity contribution in [2.75, 3.05) is 6.54 Å². The number of allylic oxidation sites excluding steroid dienone is 2. The molecule has 0 saturated heterocycles. The Morgan fingerprint density at radius 3 is 2.56 bits per heavy atom. The van der Waals surface area contributed by atoms with Gasteiger partial charge in [0.2, 0.25) is 0 Å². The number of rotatable bonds is 3. The van der Waals surface area contributed by atoms with E-state index in [1.165, 1.54) is 0 Å². The fourth-order valence-corrected chi connectivity index (χ4v) is 0.438. The lowest BCUT2D eigenvalue weighted by molar-refractivity contribution is 0.833. The molecule has 52 valence electrons. The van der Waals surface area contributed by atoms with Gasteiger partial charge in [0, 0.05) is 12.8 Å². The fraction of sp³-hybridized carbons (Fsp3) is 0.625. The lowest BCUT2D eigenvalue weighted by Gasteiger charge is -1.88. The quantitative estimate of drug-likeness (QED) is 0.513. The zero-order valence-corrected chi connectivity index (χ0v) is 6.46. The van der Waals surface area contributed by atoms with Crippen LogP contribution in [0.1, 0.15) is 20.8 Å². The van der Waals surface area contributed by atoms with Crippen molar-refractivity contribution in [3.63, 3.8) is 0 Å². The highest BCUT2D eigenvalue weighted by Crippen LogP contribution is 1.90. The van der Waals surface area contributed by atoms with Crippen molar-refractivity contribution in [2.45, 2.75) is 20.8 Å². The van der Waals surface area contributed by atoms with Crippen molar-refractivity contribution >= 4 is 6.21 Å². The third-order valence-electron chi connectivity index (χ3n) is 0.870. The van der Waals surface area contributed by atoms with Gasteiger partial charge < -0.3 is 0 Å². The van der Waals surface area contributed by atoms with Crippen molar-refractivity contribution < 1.29 is 0 Å². The Morgan fingerprint density at radius 2 is 2.11 bits per heavy atom. The molecule has 0 amide bonds. The van der Waals surface area contributed by atoms with E-state index in [1.807, 2.05) is 19.2 Å². The van der Waals surface area contributed by atoms with Crippen LogP contribution in [0.2, 0.25) is 0 Å². The first-order valence-corrected chi connectivity index (χ1v) is 3.44. The summed E-state index contributed by atoms with van der Waals surface area (Å²) in [6.07, 6.45) is 5.97. The van der Waals surface area contributed by atoms with Crippen LogP contribution in [0.3, 0.4) is 0 Å². The Balaban J connectivity index is 3.35. The van der Waals surface area contributed by atoms with E-state index >= 15 is 0 Å². The SMILES string of the molecule is CC/N=C\C=C/C(C)C. The largest absolute Gasteiger partial charge is 0.293 e. The average molecular weight is 125 g/mol. The molecule has 0 heterocycles. The van der Waals surface area contributed by atoms with E-state index in [9.17, 15) is 0 Å². The minimum absolute atomic E-state index is 0.633. The third kappa shape index (κ3) is 7.41. The van der Waals surface area contributed by atoms with Crippen LogP contribution >= 0.6 is 0 Å². The van der Waals surface area contributed by atoms with Crippen LogP contribution in [0.15, 0.2) is 17.1 Å². The molecule has 0 fully saturated rings. The van der Waals surface area contributed by atoms with Crippen LogP contribution < -0.4 is 0 Å². The maximum absolute atomic E-state index is 4.03. The first-order chi connectivity index (χ1) is 4.27. The highest BCUT2D eigenvalue weighted by Gasteiger charge is 1.78. The Bertz CT molecular complexity index is 101. The summed E-state index contributed by atoms with van der Waals surface area (Å²) >= 11 is 0.